The van der Waals surface area contributed by atoms with Crippen molar-refractivity contribution in [2.75, 3.05) is 0 Å². The molecule has 0 saturated carbocycles. The number of nitrogens with zero attached hydrogens (tertiary/aromatic N) is 2. The van der Waals surface area contributed by atoms with Crippen molar-refractivity contribution in [3.05, 3.63) is 83.4 Å². The minimum atomic E-state index is -0.386. The number of thioether (sulfide) groups is 1. The normalized spacial score (nSPS) is 13.1. The van der Waals surface area contributed by atoms with Crippen LogP contribution >= 0.6 is 47.2 Å². The Balaban J connectivity index is 1.77. The van der Waals surface area contributed by atoms with Crippen molar-refractivity contribution < 1.29 is 4.74 Å². The van der Waals surface area contributed by atoms with Crippen molar-refractivity contribution in [1.82, 2.24) is 9.55 Å². The molecule has 3 rings (SSSR count). The molecule has 2 aromatic carbocycles. The molecule has 2 unspecified atom stereocenters. The predicted octanol–water partition coefficient (Wildman–Crippen LogP) is 6.67. The quantitative estimate of drug-likeness (QED) is 0.318. The third kappa shape index (κ3) is 5.48. The predicted molar refractivity (Wildman–Crippen MR) is 118 cm³/mol. The molecule has 140 valence electrons. The van der Waals surface area contributed by atoms with Crippen LogP contribution in [0.25, 0.3) is 0 Å². The first kappa shape index (κ1) is 20.2. The monoisotopic (exact) mass is 436 g/mol. The minimum Gasteiger partial charge on any atom is -0.440 e. The minimum absolute atomic E-state index is 0.166. The SMILES string of the molecule is CCc1ccc(OC(=S)SC(c2ccc(Cl)cc2)C(Cl)n2ccnc2)cc1. The van der Waals surface area contributed by atoms with Gasteiger partial charge in [-0.15, -0.1) is 0 Å². The summed E-state index contributed by atoms with van der Waals surface area (Å²) in [7, 11) is 0. The van der Waals surface area contributed by atoms with Gasteiger partial charge in [0.25, 0.3) is 0 Å². The largest absolute Gasteiger partial charge is 0.440 e. The van der Waals surface area contributed by atoms with Gasteiger partial charge in [-0.1, -0.05) is 66.2 Å². The maximum atomic E-state index is 6.73. The molecule has 3 nitrogen and oxygen atoms in total. The molecule has 0 aliphatic rings. The molecule has 0 fully saturated rings. The van der Waals surface area contributed by atoms with E-state index < -0.39 is 0 Å². The van der Waals surface area contributed by atoms with Crippen LogP contribution < -0.4 is 4.74 Å². The van der Waals surface area contributed by atoms with E-state index >= 15 is 0 Å². The molecule has 0 radical (unpaired) electrons. The Kier molecular flexibility index (Phi) is 7.19. The maximum Gasteiger partial charge on any atom is 0.226 e. The zero-order valence-corrected chi connectivity index (χ0v) is 17.7. The van der Waals surface area contributed by atoms with Gasteiger partial charge in [0.15, 0.2) is 0 Å². The van der Waals surface area contributed by atoms with Crippen molar-refractivity contribution >= 4 is 51.6 Å². The van der Waals surface area contributed by atoms with E-state index in [0.717, 1.165) is 12.0 Å². The van der Waals surface area contributed by atoms with Gasteiger partial charge in [-0.3, -0.25) is 0 Å². The van der Waals surface area contributed by atoms with Crippen molar-refractivity contribution in [3.8, 4) is 5.75 Å². The molecule has 0 N–H and O–H groups in total. The molecule has 0 saturated heterocycles. The van der Waals surface area contributed by atoms with Gasteiger partial charge in [0.1, 0.15) is 11.3 Å². The summed E-state index contributed by atoms with van der Waals surface area (Å²) >= 11 is 19.6. The number of hydrogen-bond donors (Lipinski definition) is 0. The van der Waals surface area contributed by atoms with E-state index in [0.29, 0.717) is 15.2 Å². The molecule has 0 aliphatic heterocycles. The van der Waals surface area contributed by atoms with Gasteiger partial charge in [0.2, 0.25) is 4.38 Å². The Morgan fingerprint density at radius 1 is 1.19 bits per heavy atom. The molecule has 27 heavy (non-hydrogen) atoms. The highest BCUT2D eigenvalue weighted by atomic mass is 35.5. The molecule has 0 spiro atoms. The lowest BCUT2D eigenvalue weighted by Gasteiger charge is -2.23. The van der Waals surface area contributed by atoms with Crippen LogP contribution in [0.2, 0.25) is 5.02 Å². The van der Waals surface area contributed by atoms with Gasteiger partial charge < -0.3 is 9.30 Å². The highest BCUT2D eigenvalue weighted by molar-refractivity contribution is 8.22. The van der Waals surface area contributed by atoms with Crippen LogP contribution in [-0.2, 0) is 6.42 Å². The summed E-state index contributed by atoms with van der Waals surface area (Å²) in [6.07, 6.45) is 6.20. The lowest BCUT2D eigenvalue weighted by molar-refractivity contribution is 0.577. The van der Waals surface area contributed by atoms with Gasteiger partial charge in [0, 0.05) is 17.4 Å². The highest BCUT2D eigenvalue weighted by Gasteiger charge is 2.26. The van der Waals surface area contributed by atoms with Crippen LogP contribution in [0.15, 0.2) is 67.3 Å². The van der Waals surface area contributed by atoms with Gasteiger partial charge in [-0.05, 0) is 54.0 Å². The van der Waals surface area contributed by atoms with E-state index in [1.54, 1.807) is 12.5 Å². The number of benzene rings is 2. The number of alkyl halides is 1. The molecule has 1 aromatic heterocycles. The van der Waals surface area contributed by atoms with Gasteiger partial charge in [-0.25, -0.2) is 4.98 Å². The average Bonchev–Trinajstić information content (AvgIpc) is 3.22. The Morgan fingerprint density at radius 2 is 1.89 bits per heavy atom. The van der Waals surface area contributed by atoms with Crippen LogP contribution in [0, 0.1) is 0 Å². The lowest BCUT2D eigenvalue weighted by atomic mass is 10.1. The zero-order chi connectivity index (χ0) is 19.2. The summed E-state index contributed by atoms with van der Waals surface area (Å²) in [4.78, 5) is 4.08. The Labute approximate surface area is 178 Å². The third-order valence-corrected chi connectivity index (χ3v) is 6.32. The van der Waals surface area contributed by atoms with E-state index in [4.69, 9.17) is 40.2 Å². The number of ether oxygens (including phenoxy) is 1. The smallest absolute Gasteiger partial charge is 0.226 e. The van der Waals surface area contributed by atoms with Gasteiger partial charge >= 0.3 is 0 Å². The summed E-state index contributed by atoms with van der Waals surface area (Å²) in [6.45, 7) is 2.11. The number of aromatic nitrogens is 2. The van der Waals surface area contributed by atoms with Gasteiger partial charge in [-0.2, -0.15) is 0 Å². The molecule has 0 aliphatic carbocycles. The molecular formula is C20H18Cl2N2OS2. The third-order valence-electron chi connectivity index (χ3n) is 4.01. The Morgan fingerprint density at radius 3 is 2.48 bits per heavy atom. The van der Waals surface area contributed by atoms with Crippen LogP contribution in [-0.4, -0.2) is 13.9 Å². The Hall–Kier alpha value is -1.53. The second-order valence-electron chi connectivity index (χ2n) is 5.82. The summed E-state index contributed by atoms with van der Waals surface area (Å²) in [5, 5.41) is 0.506. The number of rotatable bonds is 6. The van der Waals surface area contributed by atoms with E-state index in [1.807, 2.05) is 59.3 Å². The highest BCUT2D eigenvalue weighted by Crippen LogP contribution is 2.42. The standard InChI is InChI=1S/C20H18Cl2N2OS2/c1-2-14-3-9-17(10-4-14)25-20(26)27-18(15-5-7-16(21)8-6-15)19(22)24-12-11-23-13-24/h3-13,18-19H,2H2,1H3. The van der Waals surface area contributed by atoms with Crippen molar-refractivity contribution in [1.29, 1.82) is 0 Å². The van der Waals surface area contributed by atoms with Crippen molar-refractivity contribution in [2.24, 2.45) is 0 Å². The molecule has 1 heterocycles. The average molecular weight is 437 g/mol. The van der Waals surface area contributed by atoms with Crippen LogP contribution in [0.3, 0.4) is 0 Å². The summed E-state index contributed by atoms with van der Waals surface area (Å²) in [5.41, 5.74) is 1.87. The van der Waals surface area contributed by atoms with Crippen LogP contribution in [0.1, 0.15) is 28.8 Å². The molecule has 2 atom stereocenters. The summed E-state index contributed by atoms with van der Waals surface area (Å²) in [6, 6.07) is 15.5. The van der Waals surface area contributed by atoms with E-state index in [-0.39, 0.29) is 10.8 Å². The second-order valence-corrected chi connectivity index (χ2v) is 8.45. The summed E-state index contributed by atoms with van der Waals surface area (Å²) in [5.74, 6) is 0.716. The van der Waals surface area contributed by atoms with Crippen LogP contribution in [0.4, 0.5) is 0 Å². The fourth-order valence-electron chi connectivity index (χ4n) is 2.52. The molecular weight excluding hydrogens is 419 g/mol. The molecule has 7 heteroatoms. The number of thiocarbonyl (C=S) groups is 1. The fourth-order valence-corrected chi connectivity index (χ4v) is 4.37. The first-order chi connectivity index (χ1) is 13.1. The van der Waals surface area contributed by atoms with E-state index in [9.17, 15) is 0 Å². The van der Waals surface area contributed by atoms with Crippen molar-refractivity contribution in [2.45, 2.75) is 24.1 Å². The zero-order valence-electron chi connectivity index (χ0n) is 14.6. The van der Waals surface area contributed by atoms with Crippen LogP contribution in [0.5, 0.6) is 5.75 Å². The number of halogens is 2. The first-order valence-corrected chi connectivity index (χ1v) is 10.5. The lowest BCUT2D eigenvalue weighted by Crippen LogP contribution is -2.13. The van der Waals surface area contributed by atoms with Crippen molar-refractivity contribution in [3.63, 3.8) is 0 Å². The second kappa shape index (κ2) is 9.60. The van der Waals surface area contributed by atoms with E-state index in [2.05, 4.69) is 11.9 Å². The maximum absolute atomic E-state index is 6.73. The molecule has 0 amide bonds. The molecule has 3 aromatic rings. The number of aryl methyl sites for hydroxylation is 1. The summed E-state index contributed by atoms with van der Waals surface area (Å²) < 4.78 is 8.09. The number of hydrogen-bond acceptors (Lipinski definition) is 4. The molecule has 0 bridgehead atoms. The van der Waals surface area contributed by atoms with E-state index in [1.165, 1.54) is 17.3 Å². The topological polar surface area (TPSA) is 27.1 Å². The Bertz CT molecular complexity index is 868. The first-order valence-electron chi connectivity index (χ1n) is 8.41. The fraction of sp³-hybridized carbons (Fsp3) is 0.200. The number of imidazole rings is 1. The van der Waals surface area contributed by atoms with Gasteiger partial charge in [0.05, 0.1) is 11.6 Å².